The first-order valence-electron chi connectivity index (χ1n) is 10.1. The van der Waals surface area contributed by atoms with Crippen molar-refractivity contribution >= 4 is 5.71 Å². The molecule has 150 valence electrons. The first-order valence-corrected chi connectivity index (χ1v) is 10.1. The Morgan fingerprint density at radius 1 is 1.07 bits per heavy atom. The molecule has 2 nitrogen and oxygen atoms in total. The minimum absolute atomic E-state index is 0.327. The van der Waals surface area contributed by atoms with Crippen molar-refractivity contribution in [3.63, 3.8) is 0 Å². The molecular formula is C25H40N2. The largest absolute Gasteiger partial charge is 0.314 e. The lowest BCUT2D eigenvalue weighted by atomic mass is 9.94. The molecular weight excluding hydrogens is 328 g/mol. The van der Waals surface area contributed by atoms with Crippen molar-refractivity contribution in [3.8, 4) is 0 Å². The Morgan fingerprint density at radius 2 is 1.67 bits per heavy atom. The molecule has 0 fully saturated rings. The number of likely N-dealkylation sites (N-methyl/N-ethyl adjacent to an activating group) is 1. The maximum atomic E-state index is 4.74. The Balaban J connectivity index is 0. The number of benzene rings is 1. The van der Waals surface area contributed by atoms with Gasteiger partial charge in [0, 0.05) is 17.2 Å². The Labute approximate surface area is 168 Å². The molecule has 0 aliphatic rings. The number of aliphatic imine (C=N–C) groups is 1. The predicted molar refractivity (Wildman–Crippen MR) is 126 cm³/mol. The van der Waals surface area contributed by atoms with Crippen molar-refractivity contribution in [1.82, 2.24) is 5.32 Å². The lowest BCUT2D eigenvalue weighted by molar-refractivity contribution is 0.729. The molecule has 1 unspecified atom stereocenters. The van der Waals surface area contributed by atoms with Gasteiger partial charge >= 0.3 is 0 Å². The molecule has 1 rings (SSSR count). The molecule has 0 aliphatic heterocycles. The summed E-state index contributed by atoms with van der Waals surface area (Å²) in [6.07, 6.45) is 10.4. The van der Waals surface area contributed by atoms with Crippen LogP contribution in [0, 0.1) is 0 Å². The molecule has 0 aromatic heterocycles. The molecule has 1 atom stereocenters. The van der Waals surface area contributed by atoms with E-state index in [-0.39, 0.29) is 0 Å². The second-order valence-corrected chi connectivity index (χ2v) is 5.23. The van der Waals surface area contributed by atoms with Gasteiger partial charge in [-0.1, -0.05) is 88.4 Å². The van der Waals surface area contributed by atoms with E-state index in [0.29, 0.717) is 12.6 Å². The van der Waals surface area contributed by atoms with Gasteiger partial charge in [0.2, 0.25) is 0 Å². The van der Waals surface area contributed by atoms with Crippen molar-refractivity contribution in [2.75, 3.05) is 13.6 Å². The van der Waals surface area contributed by atoms with Crippen LogP contribution in [-0.4, -0.2) is 25.3 Å². The van der Waals surface area contributed by atoms with E-state index in [1.807, 2.05) is 59.0 Å². The highest BCUT2D eigenvalue weighted by atomic mass is 14.8. The molecule has 0 heterocycles. The topological polar surface area (TPSA) is 24.4 Å². The summed E-state index contributed by atoms with van der Waals surface area (Å²) < 4.78 is 0. The van der Waals surface area contributed by atoms with Crippen LogP contribution in [0.4, 0.5) is 0 Å². The number of allylic oxidation sites excluding steroid dienone is 5. The third-order valence-electron chi connectivity index (χ3n) is 3.61. The fourth-order valence-electron chi connectivity index (χ4n) is 2.21. The van der Waals surface area contributed by atoms with E-state index in [1.165, 1.54) is 5.57 Å². The van der Waals surface area contributed by atoms with E-state index in [2.05, 4.69) is 69.1 Å². The average Bonchev–Trinajstić information content (AvgIpc) is 2.75. The highest BCUT2D eigenvalue weighted by Crippen LogP contribution is 2.19. The van der Waals surface area contributed by atoms with Gasteiger partial charge < -0.3 is 5.32 Å². The van der Waals surface area contributed by atoms with E-state index in [9.17, 15) is 0 Å². The quantitative estimate of drug-likeness (QED) is 0.305. The zero-order valence-corrected chi connectivity index (χ0v) is 18.7. The highest BCUT2D eigenvalue weighted by molar-refractivity contribution is 6.15. The fraction of sp³-hybridized carbons (Fsp3) is 0.400. The third-order valence-corrected chi connectivity index (χ3v) is 3.61. The normalized spacial score (nSPS) is 13.3. The third kappa shape index (κ3) is 10.5. The van der Waals surface area contributed by atoms with Gasteiger partial charge in [0.05, 0.1) is 12.3 Å². The molecule has 1 aromatic carbocycles. The zero-order chi connectivity index (χ0) is 21.1. The van der Waals surface area contributed by atoms with E-state index in [0.717, 1.165) is 16.8 Å². The minimum atomic E-state index is 0.327. The van der Waals surface area contributed by atoms with Gasteiger partial charge in [0.25, 0.3) is 0 Å². The van der Waals surface area contributed by atoms with Gasteiger partial charge in [-0.15, -0.1) is 6.58 Å². The zero-order valence-electron chi connectivity index (χ0n) is 18.7. The molecule has 0 amide bonds. The van der Waals surface area contributed by atoms with Crippen LogP contribution < -0.4 is 5.32 Å². The Kier molecular flexibility index (Phi) is 18.6. The number of rotatable bonds is 8. The molecule has 0 aliphatic carbocycles. The van der Waals surface area contributed by atoms with Gasteiger partial charge in [-0.05, 0) is 33.4 Å². The number of nitrogens with zero attached hydrogens (tertiary/aromatic N) is 1. The monoisotopic (exact) mass is 368 g/mol. The molecule has 0 spiro atoms. The van der Waals surface area contributed by atoms with Crippen molar-refractivity contribution in [1.29, 1.82) is 0 Å². The Bertz CT molecular complexity index is 604. The average molecular weight is 369 g/mol. The van der Waals surface area contributed by atoms with Crippen LogP contribution in [0.25, 0.3) is 0 Å². The van der Waals surface area contributed by atoms with Crippen LogP contribution in [0.15, 0.2) is 83.4 Å². The van der Waals surface area contributed by atoms with Gasteiger partial charge in [-0.3, -0.25) is 4.99 Å². The van der Waals surface area contributed by atoms with E-state index >= 15 is 0 Å². The summed E-state index contributed by atoms with van der Waals surface area (Å²) in [5.41, 5.74) is 4.43. The van der Waals surface area contributed by atoms with E-state index in [4.69, 9.17) is 4.99 Å². The van der Waals surface area contributed by atoms with Crippen LogP contribution in [-0.2, 0) is 0 Å². The molecule has 0 saturated heterocycles. The maximum absolute atomic E-state index is 4.74. The van der Waals surface area contributed by atoms with Gasteiger partial charge in [0.1, 0.15) is 0 Å². The van der Waals surface area contributed by atoms with E-state index < -0.39 is 0 Å². The molecule has 27 heavy (non-hydrogen) atoms. The van der Waals surface area contributed by atoms with Crippen molar-refractivity contribution < 1.29 is 0 Å². The molecule has 0 saturated carbocycles. The van der Waals surface area contributed by atoms with Gasteiger partial charge in [-0.2, -0.15) is 0 Å². The van der Waals surface area contributed by atoms with Gasteiger partial charge in [0.15, 0.2) is 0 Å². The van der Waals surface area contributed by atoms with Crippen LogP contribution in [0.3, 0.4) is 0 Å². The van der Waals surface area contributed by atoms with E-state index in [1.54, 1.807) is 0 Å². The van der Waals surface area contributed by atoms with Gasteiger partial charge in [-0.25, -0.2) is 0 Å². The van der Waals surface area contributed by atoms with Crippen molar-refractivity contribution in [3.05, 3.63) is 84.0 Å². The summed E-state index contributed by atoms with van der Waals surface area (Å²) in [4.78, 5) is 4.74. The lowest BCUT2D eigenvalue weighted by Gasteiger charge is -2.13. The second-order valence-electron chi connectivity index (χ2n) is 5.23. The summed E-state index contributed by atoms with van der Waals surface area (Å²) in [5, 5.41) is 3.22. The lowest BCUT2D eigenvalue weighted by Crippen LogP contribution is -2.18. The Hall–Kier alpha value is -2.19. The standard InChI is InChI=1S/C21H28N2.2C2H6/c1-6-16-23-21(19-12-10-9-11-13-19)20(8-3)18(7-2)15-14-17(4)22-5;2*1-2/h6-15,17,22H,1,16H2,2-5H3;2*1-2H3/b15-14-,18-7-,20-8+,23-21?;;. The summed E-state index contributed by atoms with van der Waals surface area (Å²) >= 11 is 0. The molecule has 2 heteroatoms. The molecule has 1 N–H and O–H groups in total. The summed E-state index contributed by atoms with van der Waals surface area (Å²) in [6, 6.07) is 10.6. The second kappa shape index (κ2) is 18.6. The number of nitrogens with one attached hydrogen (secondary N) is 1. The summed E-state index contributed by atoms with van der Waals surface area (Å²) in [7, 11) is 1.96. The first kappa shape index (κ1) is 27.0. The van der Waals surface area contributed by atoms with Crippen LogP contribution in [0.2, 0.25) is 0 Å². The summed E-state index contributed by atoms with van der Waals surface area (Å²) in [6.45, 7) is 18.6. The summed E-state index contributed by atoms with van der Waals surface area (Å²) in [5.74, 6) is 0. The predicted octanol–water partition coefficient (Wildman–Crippen LogP) is 6.77. The Morgan fingerprint density at radius 3 is 2.11 bits per heavy atom. The fourth-order valence-corrected chi connectivity index (χ4v) is 2.21. The van der Waals surface area contributed by atoms with Crippen LogP contribution >= 0.6 is 0 Å². The molecule has 0 radical (unpaired) electrons. The van der Waals surface area contributed by atoms with Crippen LogP contribution in [0.1, 0.15) is 54.0 Å². The minimum Gasteiger partial charge on any atom is -0.314 e. The maximum Gasteiger partial charge on any atom is 0.0725 e. The highest BCUT2D eigenvalue weighted by Gasteiger charge is 2.11. The SMILES string of the molecule is C=CCN=C(C(=C/C)/C(/C=C\C(C)NC)=C\C)c1ccccc1.CC.CC. The number of hydrogen-bond acceptors (Lipinski definition) is 2. The van der Waals surface area contributed by atoms with Crippen molar-refractivity contribution in [2.24, 2.45) is 4.99 Å². The first-order chi connectivity index (χ1) is 13.2. The molecule has 1 aromatic rings. The smallest absolute Gasteiger partial charge is 0.0725 e. The number of hydrogen-bond donors (Lipinski definition) is 1. The molecule has 0 bridgehead atoms. The van der Waals surface area contributed by atoms with Crippen molar-refractivity contribution in [2.45, 2.75) is 54.5 Å². The van der Waals surface area contributed by atoms with Crippen LogP contribution in [0.5, 0.6) is 0 Å².